The number of esters is 1. The van der Waals surface area contributed by atoms with Crippen LogP contribution in [0, 0.1) is 0 Å². The molecule has 0 radical (unpaired) electrons. The zero-order valence-electron chi connectivity index (χ0n) is 14.9. The van der Waals surface area contributed by atoms with E-state index in [2.05, 4.69) is 6.58 Å². The van der Waals surface area contributed by atoms with Crippen LogP contribution in [0.15, 0.2) is 49.1 Å². The molecule has 26 heavy (non-hydrogen) atoms. The van der Waals surface area contributed by atoms with Crippen molar-refractivity contribution in [3.05, 3.63) is 49.1 Å². The van der Waals surface area contributed by atoms with Gasteiger partial charge in [0.25, 0.3) is 0 Å². The number of carbonyl (C=O) groups is 1. The van der Waals surface area contributed by atoms with E-state index in [1.807, 2.05) is 36.4 Å². The minimum absolute atomic E-state index is 0.207. The van der Waals surface area contributed by atoms with E-state index in [0.717, 1.165) is 28.3 Å². The van der Waals surface area contributed by atoms with E-state index in [4.69, 9.17) is 23.7 Å². The van der Waals surface area contributed by atoms with Gasteiger partial charge in [-0.3, -0.25) is 0 Å². The van der Waals surface area contributed by atoms with E-state index >= 15 is 0 Å². The Hall–Kier alpha value is -2.57. The molecule has 0 aromatic heterocycles. The van der Waals surface area contributed by atoms with Crippen molar-refractivity contribution in [1.82, 2.24) is 0 Å². The van der Waals surface area contributed by atoms with Crippen molar-refractivity contribution in [1.29, 1.82) is 0 Å². The number of hydrogen-bond donors (Lipinski definition) is 0. The highest BCUT2D eigenvalue weighted by Gasteiger charge is 2.05. The first-order valence-corrected chi connectivity index (χ1v) is 8.39. The lowest BCUT2D eigenvalue weighted by atomic mass is 10.1. The molecule has 0 spiro atoms. The monoisotopic (exact) mass is 360 g/mol. The highest BCUT2D eigenvalue weighted by atomic mass is 16.6. The summed E-state index contributed by atoms with van der Waals surface area (Å²) in [5.41, 5.74) is 0. The van der Waals surface area contributed by atoms with Gasteiger partial charge < -0.3 is 23.7 Å². The Bertz CT molecular complexity index is 713. The van der Waals surface area contributed by atoms with Gasteiger partial charge in [-0.2, -0.15) is 0 Å². The lowest BCUT2D eigenvalue weighted by Gasteiger charge is -2.11. The molecule has 0 N–H and O–H groups in total. The van der Waals surface area contributed by atoms with Crippen molar-refractivity contribution in [2.24, 2.45) is 0 Å². The van der Waals surface area contributed by atoms with Crippen molar-refractivity contribution in [2.75, 3.05) is 46.8 Å². The fourth-order valence-electron chi connectivity index (χ4n) is 2.35. The summed E-state index contributed by atoms with van der Waals surface area (Å²) in [5, 5.41) is 2.02. The van der Waals surface area contributed by atoms with Gasteiger partial charge in [-0.05, 0) is 12.1 Å². The lowest BCUT2D eigenvalue weighted by molar-refractivity contribution is -0.139. The van der Waals surface area contributed by atoms with Crippen LogP contribution < -0.4 is 9.47 Å². The lowest BCUT2D eigenvalue weighted by Crippen LogP contribution is -2.13. The topological polar surface area (TPSA) is 63.2 Å². The Morgan fingerprint density at radius 3 is 2.12 bits per heavy atom. The number of rotatable bonds is 12. The molecule has 0 atom stereocenters. The van der Waals surface area contributed by atoms with Gasteiger partial charge in [0.05, 0.1) is 33.5 Å². The van der Waals surface area contributed by atoms with Crippen LogP contribution in [0.5, 0.6) is 11.5 Å². The summed E-state index contributed by atoms with van der Waals surface area (Å²) in [6.07, 6.45) is 1.12. The number of benzene rings is 2. The first-order chi connectivity index (χ1) is 12.8. The van der Waals surface area contributed by atoms with Crippen LogP contribution in [0.4, 0.5) is 0 Å². The SMILES string of the molecule is C=CC(=O)OCCOCCOCCOc1cccc2c(OC)cccc12. The second-order valence-corrected chi connectivity index (χ2v) is 5.26. The van der Waals surface area contributed by atoms with E-state index in [9.17, 15) is 4.79 Å². The largest absolute Gasteiger partial charge is 0.496 e. The smallest absolute Gasteiger partial charge is 0.330 e. The summed E-state index contributed by atoms with van der Waals surface area (Å²) < 4.78 is 26.7. The van der Waals surface area contributed by atoms with Crippen LogP contribution >= 0.6 is 0 Å². The van der Waals surface area contributed by atoms with Crippen molar-refractivity contribution in [3.8, 4) is 11.5 Å². The molecule has 2 aromatic rings. The van der Waals surface area contributed by atoms with E-state index in [1.54, 1.807) is 7.11 Å². The minimum Gasteiger partial charge on any atom is -0.496 e. The molecule has 2 aromatic carbocycles. The fourth-order valence-corrected chi connectivity index (χ4v) is 2.35. The van der Waals surface area contributed by atoms with E-state index in [0.29, 0.717) is 33.0 Å². The molecule has 0 saturated heterocycles. The highest BCUT2D eigenvalue weighted by Crippen LogP contribution is 2.31. The summed E-state index contributed by atoms with van der Waals surface area (Å²) in [7, 11) is 1.65. The van der Waals surface area contributed by atoms with E-state index in [-0.39, 0.29) is 6.61 Å². The molecule has 0 aliphatic heterocycles. The van der Waals surface area contributed by atoms with Crippen LogP contribution in [0.1, 0.15) is 0 Å². The number of fused-ring (bicyclic) bond motifs is 1. The predicted molar refractivity (Wildman–Crippen MR) is 98.8 cm³/mol. The summed E-state index contributed by atoms with van der Waals surface area (Å²) >= 11 is 0. The van der Waals surface area contributed by atoms with Gasteiger partial charge in [-0.15, -0.1) is 0 Å². The molecule has 0 bridgehead atoms. The molecule has 6 nitrogen and oxygen atoms in total. The number of carbonyl (C=O) groups excluding carboxylic acids is 1. The Kier molecular flexibility index (Phi) is 8.45. The quantitative estimate of drug-likeness (QED) is 0.329. The normalized spacial score (nSPS) is 10.5. The fraction of sp³-hybridized carbons (Fsp3) is 0.350. The summed E-state index contributed by atoms with van der Waals surface area (Å²) in [4.78, 5) is 10.8. The molecular weight excluding hydrogens is 336 g/mol. The van der Waals surface area contributed by atoms with Crippen molar-refractivity contribution in [3.63, 3.8) is 0 Å². The highest BCUT2D eigenvalue weighted by molar-refractivity contribution is 5.93. The van der Waals surface area contributed by atoms with Crippen LogP contribution in [0.25, 0.3) is 10.8 Å². The van der Waals surface area contributed by atoms with Crippen LogP contribution in [0.3, 0.4) is 0 Å². The van der Waals surface area contributed by atoms with Gasteiger partial charge in [0.15, 0.2) is 0 Å². The first-order valence-electron chi connectivity index (χ1n) is 8.39. The average Bonchev–Trinajstić information content (AvgIpc) is 2.68. The van der Waals surface area contributed by atoms with Crippen molar-refractivity contribution in [2.45, 2.75) is 0 Å². The molecule has 0 amide bonds. The number of methoxy groups -OCH3 is 1. The van der Waals surface area contributed by atoms with E-state index in [1.165, 1.54) is 0 Å². The van der Waals surface area contributed by atoms with E-state index < -0.39 is 5.97 Å². The third-order valence-corrected chi connectivity index (χ3v) is 3.56. The Morgan fingerprint density at radius 2 is 1.46 bits per heavy atom. The molecular formula is C20H24O6. The van der Waals surface area contributed by atoms with Gasteiger partial charge >= 0.3 is 5.97 Å². The van der Waals surface area contributed by atoms with Crippen molar-refractivity contribution < 1.29 is 28.5 Å². The second kappa shape index (κ2) is 11.1. The Labute approximate surface area is 153 Å². The predicted octanol–water partition coefficient (Wildman–Crippen LogP) is 2.99. The van der Waals surface area contributed by atoms with Gasteiger partial charge in [0.2, 0.25) is 0 Å². The van der Waals surface area contributed by atoms with Gasteiger partial charge in [-0.1, -0.05) is 30.8 Å². The Balaban J connectivity index is 1.63. The summed E-state index contributed by atoms with van der Waals surface area (Å²) in [5.74, 6) is 1.17. The third-order valence-electron chi connectivity index (χ3n) is 3.56. The standard InChI is InChI=1S/C20H24O6/c1-3-20(21)26-15-13-24-11-10-23-12-14-25-19-9-5-6-16-17(19)7-4-8-18(16)22-2/h3-9H,1,10-15H2,2H3. The number of ether oxygens (including phenoxy) is 5. The molecule has 6 heteroatoms. The van der Waals surface area contributed by atoms with Crippen molar-refractivity contribution >= 4 is 16.7 Å². The average molecular weight is 360 g/mol. The molecule has 0 heterocycles. The first kappa shape index (κ1) is 19.8. The maximum Gasteiger partial charge on any atom is 0.330 e. The zero-order chi connectivity index (χ0) is 18.6. The third kappa shape index (κ3) is 6.06. The summed E-state index contributed by atoms with van der Waals surface area (Å²) in [6.45, 7) is 5.61. The molecule has 0 aliphatic rings. The maximum absolute atomic E-state index is 10.8. The number of hydrogen-bond acceptors (Lipinski definition) is 6. The molecule has 0 fully saturated rings. The van der Waals surface area contributed by atoms with Crippen LogP contribution in [0.2, 0.25) is 0 Å². The Morgan fingerprint density at radius 1 is 0.885 bits per heavy atom. The zero-order valence-corrected chi connectivity index (χ0v) is 14.9. The van der Waals surface area contributed by atoms with Gasteiger partial charge in [0, 0.05) is 16.8 Å². The molecule has 140 valence electrons. The minimum atomic E-state index is -0.451. The van der Waals surface area contributed by atoms with Crippen LogP contribution in [-0.2, 0) is 19.0 Å². The molecule has 0 unspecified atom stereocenters. The maximum atomic E-state index is 10.8. The van der Waals surface area contributed by atoms with Crippen LogP contribution in [-0.4, -0.2) is 52.7 Å². The van der Waals surface area contributed by atoms with Gasteiger partial charge in [0.1, 0.15) is 24.7 Å². The molecule has 0 saturated carbocycles. The van der Waals surface area contributed by atoms with Gasteiger partial charge in [-0.25, -0.2) is 4.79 Å². The molecule has 0 aliphatic carbocycles. The second-order valence-electron chi connectivity index (χ2n) is 5.26. The molecule has 2 rings (SSSR count). The summed E-state index contributed by atoms with van der Waals surface area (Å²) in [6, 6.07) is 11.7.